The quantitative estimate of drug-likeness (QED) is 0.0320. The summed E-state index contributed by atoms with van der Waals surface area (Å²) in [6.07, 6.45) is 100. The molecule has 0 saturated heterocycles. The highest BCUT2D eigenvalue weighted by atomic mass is 16.5. The fourth-order valence-corrected chi connectivity index (χ4v) is 13.0. The maximum atomic E-state index is 12.5. The van der Waals surface area contributed by atoms with Crippen LogP contribution in [0.15, 0.2) is 24.3 Å². The van der Waals surface area contributed by atoms with Crippen LogP contribution in [-0.2, 0) is 14.3 Å². The van der Waals surface area contributed by atoms with Crippen LogP contribution >= 0.6 is 0 Å². The van der Waals surface area contributed by atoms with E-state index in [1.54, 1.807) is 6.08 Å². The molecule has 6 nitrogen and oxygen atoms in total. The molecule has 0 aromatic carbocycles. The SMILES string of the molecule is CCCCCCCCCCCCCCCCCCCCCC/C=C/C(O)C(CO)NC(=O)CCCCCCCCCCCCCCCCCCC/C=C\CCCCCCCCCCCCCCCCOC(=O)CCCCCCCCCCCCCCCC. The second-order valence-electron chi connectivity index (χ2n) is 28.1. The number of hydrogen-bond acceptors (Lipinski definition) is 5. The maximum Gasteiger partial charge on any atom is 0.305 e. The molecule has 0 rings (SSSR count). The zero-order chi connectivity index (χ0) is 63.5. The Bertz CT molecular complexity index is 1380. The van der Waals surface area contributed by atoms with Crippen molar-refractivity contribution in [1.82, 2.24) is 5.32 Å². The highest BCUT2D eigenvalue weighted by molar-refractivity contribution is 5.76. The predicted molar refractivity (Wildman–Crippen MR) is 389 cm³/mol. The van der Waals surface area contributed by atoms with Crippen molar-refractivity contribution in [1.29, 1.82) is 0 Å². The summed E-state index contributed by atoms with van der Waals surface area (Å²) in [6.45, 7) is 4.96. The third kappa shape index (κ3) is 73.4. The van der Waals surface area contributed by atoms with Gasteiger partial charge in [-0.1, -0.05) is 417 Å². The van der Waals surface area contributed by atoms with Gasteiger partial charge in [0.1, 0.15) is 0 Å². The molecular weight excluding hydrogens is 1080 g/mol. The molecule has 2 atom stereocenters. The van der Waals surface area contributed by atoms with Gasteiger partial charge in [0.15, 0.2) is 0 Å². The zero-order valence-corrected chi connectivity index (χ0v) is 60.0. The van der Waals surface area contributed by atoms with Crippen molar-refractivity contribution >= 4 is 11.9 Å². The van der Waals surface area contributed by atoms with Crippen molar-refractivity contribution < 1.29 is 24.5 Å². The van der Waals surface area contributed by atoms with Crippen LogP contribution in [-0.4, -0.2) is 47.4 Å². The summed E-state index contributed by atoms with van der Waals surface area (Å²) >= 11 is 0. The van der Waals surface area contributed by atoms with Gasteiger partial charge < -0.3 is 20.3 Å². The van der Waals surface area contributed by atoms with Gasteiger partial charge in [-0.2, -0.15) is 0 Å². The zero-order valence-electron chi connectivity index (χ0n) is 60.0. The van der Waals surface area contributed by atoms with E-state index in [1.165, 1.54) is 398 Å². The minimum Gasteiger partial charge on any atom is -0.466 e. The van der Waals surface area contributed by atoms with Crippen molar-refractivity contribution in [2.75, 3.05) is 13.2 Å². The van der Waals surface area contributed by atoms with Crippen LogP contribution in [0.3, 0.4) is 0 Å². The van der Waals surface area contributed by atoms with Gasteiger partial charge in [-0.3, -0.25) is 9.59 Å². The number of unbranched alkanes of at least 4 members (excludes halogenated alkanes) is 64. The number of aliphatic hydroxyl groups is 2. The number of nitrogens with one attached hydrogen (secondary N) is 1. The van der Waals surface area contributed by atoms with Crippen molar-refractivity contribution in [2.24, 2.45) is 0 Å². The first-order valence-corrected chi connectivity index (χ1v) is 40.6. The van der Waals surface area contributed by atoms with Crippen molar-refractivity contribution in [3.05, 3.63) is 24.3 Å². The molecule has 3 N–H and O–H groups in total. The molecule has 0 spiro atoms. The predicted octanol–water partition coefficient (Wildman–Crippen LogP) is 26.8. The normalized spacial score (nSPS) is 12.5. The molecular formula is C82H159NO5. The topological polar surface area (TPSA) is 95.9 Å². The molecule has 6 heteroatoms. The van der Waals surface area contributed by atoms with E-state index in [4.69, 9.17) is 4.74 Å². The Labute approximate surface area is 551 Å². The molecule has 0 bridgehead atoms. The Kier molecular flexibility index (Phi) is 76.3. The minimum atomic E-state index is -0.843. The summed E-state index contributed by atoms with van der Waals surface area (Å²) in [5, 5.41) is 23.3. The van der Waals surface area contributed by atoms with Crippen LogP contribution < -0.4 is 5.32 Å². The highest BCUT2D eigenvalue weighted by Gasteiger charge is 2.18. The second kappa shape index (κ2) is 77.8. The fourth-order valence-electron chi connectivity index (χ4n) is 13.0. The maximum absolute atomic E-state index is 12.5. The molecule has 0 radical (unpaired) electrons. The fraction of sp³-hybridized carbons (Fsp3) is 0.927. The van der Waals surface area contributed by atoms with Crippen LogP contribution in [0.2, 0.25) is 0 Å². The van der Waals surface area contributed by atoms with Crippen LogP contribution in [0.5, 0.6) is 0 Å². The first-order chi connectivity index (χ1) is 43.5. The van der Waals surface area contributed by atoms with E-state index in [9.17, 15) is 19.8 Å². The lowest BCUT2D eigenvalue weighted by atomic mass is 10.0. The molecule has 88 heavy (non-hydrogen) atoms. The third-order valence-electron chi connectivity index (χ3n) is 19.2. The Morgan fingerprint density at radius 3 is 0.807 bits per heavy atom. The van der Waals surface area contributed by atoms with Gasteiger partial charge in [-0.25, -0.2) is 0 Å². The highest BCUT2D eigenvalue weighted by Crippen LogP contribution is 2.20. The number of hydrogen-bond donors (Lipinski definition) is 3. The van der Waals surface area contributed by atoms with E-state index < -0.39 is 12.1 Å². The minimum absolute atomic E-state index is 0.0233. The van der Waals surface area contributed by atoms with E-state index in [-0.39, 0.29) is 18.5 Å². The summed E-state index contributed by atoms with van der Waals surface area (Å²) < 4.78 is 5.50. The first kappa shape index (κ1) is 86.3. The Morgan fingerprint density at radius 2 is 0.534 bits per heavy atom. The van der Waals surface area contributed by atoms with Crippen LogP contribution in [0, 0.1) is 0 Å². The largest absolute Gasteiger partial charge is 0.466 e. The summed E-state index contributed by atoms with van der Waals surface area (Å²) in [5.41, 5.74) is 0. The van der Waals surface area contributed by atoms with Crippen molar-refractivity contribution in [3.63, 3.8) is 0 Å². The molecule has 0 aliphatic heterocycles. The molecule has 0 aliphatic carbocycles. The second-order valence-corrected chi connectivity index (χ2v) is 28.1. The molecule has 0 saturated carbocycles. The number of carbonyl (C=O) groups excluding carboxylic acids is 2. The molecule has 0 aliphatic rings. The van der Waals surface area contributed by atoms with Gasteiger partial charge in [0.25, 0.3) is 0 Å². The molecule has 2 unspecified atom stereocenters. The average Bonchev–Trinajstić information content (AvgIpc) is 3.58. The van der Waals surface area contributed by atoms with E-state index >= 15 is 0 Å². The number of rotatable bonds is 77. The van der Waals surface area contributed by atoms with Crippen LogP contribution in [0.4, 0.5) is 0 Å². The summed E-state index contributed by atoms with van der Waals surface area (Å²) in [7, 11) is 0. The summed E-state index contributed by atoms with van der Waals surface area (Å²) in [5.74, 6) is -0.0360. The van der Waals surface area contributed by atoms with E-state index in [1.807, 2.05) is 6.08 Å². The molecule has 0 aromatic heterocycles. The van der Waals surface area contributed by atoms with E-state index in [2.05, 4.69) is 31.3 Å². The van der Waals surface area contributed by atoms with Gasteiger partial charge >= 0.3 is 5.97 Å². The number of ether oxygens (including phenoxy) is 1. The smallest absolute Gasteiger partial charge is 0.305 e. The van der Waals surface area contributed by atoms with E-state index in [0.29, 0.717) is 19.4 Å². The summed E-state index contributed by atoms with van der Waals surface area (Å²) in [6, 6.07) is -0.626. The Hall–Kier alpha value is -1.66. The third-order valence-corrected chi connectivity index (χ3v) is 19.2. The molecule has 1 amide bonds. The van der Waals surface area contributed by atoms with Crippen LogP contribution in [0.25, 0.3) is 0 Å². The van der Waals surface area contributed by atoms with E-state index in [0.717, 1.165) is 38.5 Å². The molecule has 0 fully saturated rings. The Morgan fingerprint density at radius 1 is 0.307 bits per heavy atom. The summed E-state index contributed by atoms with van der Waals surface area (Å²) in [4.78, 5) is 24.6. The number of esters is 1. The van der Waals surface area contributed by atoms with Crippen LogP contribution in [0.1, 0.15) is 463 Å². The van der Waals surface area contributed by atoms with Gasteiger partial charge in [0.05, 0.1) is 25.4 Å². The lowest BCUT2D eigenvalue weighted by molar-refractivity contribution is -0.143. The van der Waals surface area contributed by atoms with Crippen molar-refractivity contribution in [2.45, 2.75) is 475 Å². The number of carbonyl (C=O) groups is 2. The first-order valence-electron chi connectivity index (χ1n) is 40.6. The lowest BCUT2D eigenvalue weighted by Crippen LogP contribution is -2.45. The average molecular weight is 1240 g/mol. The lowest BCUT2D eigenvalue weighted by Gasteiger charge is -2.20. The molecule has 0 heterocycles. The standard InChI is InChI=1S/C82H159NO5/c1-3-5-7-9-11-13-15-17-19-20-21-22-38-41-44-47-50-54-58-62-66-70-74-80(85)79(78-84)83-81(86)75-71-67-63-59-55-51-48-45-42-39-36-34-32-30-28-26-24-23-25-27-29-31-33-35-37-40-43-46-49-53-57-61-65-69-73-77-88-82(87)76-72-68-64-60-56-52-18-16-14-12-10-8-6-4-2/h25,27,70,74,79-80,84-85H,3-24,26,28-69,71-73,75-78H2,1-2H3,(H,83,86)/b27-25-,74-70+. The van der Waals surface area contributed by atoms with Crippen molar-refractivity contribution in [3.8, 4) is 0 Å². The number of allylic oxidation sites excluding steroid dienone is 3. The number of amides is 1. The van der Waals surface area contributed by atoms with Gasteiger partial charge in [0.2, 0.25) is 5.91 Å². The number of aliphatic hydroxyl groups excluding tert-OH is 2. The van der Waals surface area contributed by atoms with Gasteiger partial charge in [0, 0.05) is 12.8 Å². The molecule has 0 aromatic rings. The Balaban J connectivity index is 3.36. The van der Waals surface area contributed by atoms with Gasteiger partial charge in [-0.05, 0) is 57.8 Å². The monoisotopic (exact) mass is 1240 g/mol. The van der Waals surface area contributed by atoms with Gasteiger partial charge in [-0.15, -0.1) is 0 Å². The molecule has 522 valence electrons.